The molecule has 0 saturated carbocycles. The minimum atomic E-state index is -0.569. The molecule has 22 heavy (non-hydrogen) atoms. The second kappa shape index (κ2) is 7.23. The number of halogens is 1. The van der Waals surface area contributed by atoms with Gasteiger partial charge in [0.25, 0.3) is 5.56 Å². The molecular formula is C12H19ClN6O3. The van der Waals surface area contributed by atoms with Crippen molar-refractivity contribution in [3.63, 3.8) is 0 Å². The smallest absolute Gasteiger partial charge is 0.332 e. The van der Waals surface area contributed by atoms with Crippen LogP contribution in [0.4, 0.5) is 0 Å². The van der Waals surface area contributed by atoms with E-state index in [1.807, 2.05) is 0 Å². The summed E-state index contributed by atoms with van der Waals surface area (Å²) in [4.78, 5) is 40.3. The molecule has 3 N–H and O–H groups in total. The molecule has 0 fully saturated rings. The first-order valence-electron chi connectivity index (χ1n) is 6.55. The molecule has 0 spiro atoms. The summed E-state index contributed by atoms with van der Waals surface area (Å²) in [6.45, 7) is 0.554. The van der Waals surface area contributed by atoms with Gasteiger partial charge < -0.3 is 15.6 Å². The Hall–Kier alpha value is -2.13. The number of imidazole rings is 1. The van der Waals surface area contributed by atoms with Gasteiger partial charge in [-0.1, -0.05) is 0 Å². The number of rotatable bonds is 5. The first kappa shape index (κ1) is 17.9. The Kier molecular flexibility index (Phi) is 5.89. The minimum Gasteiger partial charge on any atom is -0.354 e. The van der Waals surface area contributed by atoms with Gasteiger partial charge in [0.15, 0.2) is 11.2 Å². The van der Waals surface area contributed by atoms with Crippen LogP contribution in [0, 0.1) is 0 Å². The fourth-order valence-corrected chi connectivity index (χ4v) is 2.07. The molecule has 0 aliphatic rings. The van der Waals surface area contributed by atoms with Gasteiger partial charge in [0.05, 0.1) is 6.33 Å². The summed E-state index contributed by atoms with van der Waals surface area (Å²) in [5.74, 6) is -0.399. The van der Waals surface area contributed by atoms with Gasteiger partial charge in [-0.15, -0.1) is 12.4 Å². The monoisotopic (exact) mass is 330 g/mol. The Morgan fingerprint density at radius 2 is 2.05 bits per heavy atom. The summed E-state index contributed by atoms with van der Waals surface area (Å²) in [6, 6.07) is 0. The van der Waals surface area contributed by atoms with E-state index >= 15 is 0 Å². The summed E-state index contributed by atoms with van der Waals surface area (Å²) in [7, 11) is 3.17. The van der Waals surface area contributed by atoms with E-state index in [0.717, 1.165) is 4.57 Å². The Bertz CT molecular complexity index is 790. The number of aryl methyl sites for hydroxylation is 2. The van der Waals surface area contributed by atoms with E-state index in [1.165, 1.54) is 22.5 Å². The molecule has 0 aromatic carbocycles. The first-order valence-corrected chi connectivity index (χ1v) is 6.55. The van der Waals surface area contributed by atoms with Gasteiger partial charge in [-0.2, -0.15) is 0 Å². The maximum Gasteiger partial charge on any atom is 0.332 e. The van der Waals surface area contributed by atoms with Crippen LogP contribution in [0.15, 0.2) is 15.9 Å². The molecule has 0 radical (unpaired) electrons. The highest BCUT2D eigenvalue weighted by molar-refractivity contribution is 5.85. The largest absolute Gasteiger partial charge is 0.354 e. The van der Waals surface area contributed by atoms with Gasteiger partial charge in [0.2, 0.25) is 5.91 Å². The molecule has 0 atom stereocenters. The summed E-state index contributed by atoms with van der Waals surface area (Å²) >= 11 is 0. The van der Waals surface area contributed by atoms with Gasteiger partial charge >= 0.3 is 5.69 Å². The summed E-state index contributed by atoms with van der Waals surface area (Å²) in [5, 5.41) is 2.61. The van der Waals surface area contributed by atoms with Crippen LogP contribution in [-0.4, -0.2) is 37.7 Å². The molecule has 2 aromatic rings. The van der Waals surface area contributed by atoms with Gasteiger partial charge in [0.1, 0.15) is 6.54 Å². The van der Waals surface area contributed by atoms with E-state index in [2.05, 4.69) is 10.3 Å². The fourth-order valence-electron chi connectivity index (χ4n) is 2.07. The Labute approximate surface area is 132 Å². The number of carbonyl (C=O) groups excluding carboxylic acids is 1. The molecule has 2 rings (SSSR count). The number of fused-ring (bicyclic) bond motifs is 1. The second-order valence-electron chi connectivity index (χ2n) is 4.75. The molecule has 0 aliphatic carbocycles. The van der Waals surface area contributed by atoms with Crippen molar-refractivity contribution in [1.82, 2.24) is 24.0 Å². The molecule has 0 saturated heterocycles. The number of nitrogens with one attached hydrogen (secondary N) is 1. The number of carbonyl (C=O) groups is 1. The van der Waals surface area contributed by atoms with Crippen molar-refractivity contribution in [3.8, 4) is 0 Å². The third-order valence-corrected chi connectivity index (χ3v) is 3.21. The molecule has 0 unspecified atom stereocenters. The predicted molar refractivity (Wildman–Crippen MR) is 84.1 cm³/mol. The van der Waals surface area contributed by atoms with Crippen LogP contribution >= 0.6 is 12.4 Å². The zero-order valence-electron chi connectivity index (χ0n) is 12.4. The van der Waals surface area contributed by atoms with Gasteiger partial charge in [-0.05, 0) is 13.0 Å². The van der Waals surface area contributed by atoms with Crippen molar-refractivity contribution in [1.29, 1.82) is 0 Å². The molecule has 2 heterocycles. The van der Waals surface area contributed by atoms with Crippen molar-refractivity contribution in [2.24, 2.45) is 19.8 Å². The van der Waals surface area contributed by atoms with Crippen LogP contribution in [0.3, 0.4) is 0 Å². The Morgan fingerprint density at radius 1 is 1.36 bits per heavy atom. The predicted octanol–water partition coefficient (Wildman–Crippen LogP) is -1.68. The lowest BCUT2D eigenvalue weighted by molar-refractivity contribution is -0.121. The number of aromatic nitrogens is 4. The third-order valence-electron chi connectivity index (χ3n) is 3.21. The van der Waals surface area contributed by atoms with Crippen LogP contribution in [0.1, 0.15) is 6.42 Å². The van der Waals surface area contributed by atoms with Gasteiger partial charge in [-0.25, -0.2) is 14.3 Å². The van der Waals surface area contributed by atoms with Crippen molar-refractivity contribution >= 4 is 29.5 Å². The summed E-state index contributed by atoms with van der Waals surface area (Å²) in [6.07, 6.45) is 2.09. The molecule has 122 valence electrons. The Balaban J connectivity index is 0.00000242. The number of nitrogens with zero attached hydrogens (tertiary/aromatic N) is 4. The number of nitrogens with two attached hydrogens (primary N) is 1. The lowest BCUT2D eigenvalue weighted by Gasteiger charge is -2.09. The molecule has 0 aliphatic heterocycles. The number of hydrogen-bond donors (Lipinski definition) is 2. The molecule has 0 bridgehead atoms. The minimum absolute atomic E-state index is 0. The van der Waals surface area contributed by atoms with E-state index in [0.29, 0.717) is 25.2 Å². The normalized spacial score (nSPS) is 10.5. The lowest BCUT2D eigenvalue weighted by Crippen LogP contribution is -2.43. The van der Waals surface area contributed by atoms with Crippen molar-refractivity contribution in [2.45, 2.75) is 13.0 Å². The fraction of sp³-hybridized carbons (Fsp3) is 0.500. The summed E-state index contributed by atoms with van der Waals surface area (Å²) < 4.78 is 3.69. The zero-order valence-corrected chi connectivity index (χ0v) is 13.2. The molecular weight excluding hydrogens is 312 g/mol. The highest BCUT2D eigenvalue weighted by atomic mass is 35.5. The van der Waals surface area contributed by atoms with Crippen LogP contribution in [0.25, 0.3) is 11.2 Å². The average Bonchev–Trinajstić information content (AvgIpc) is 2.84. The SMILES string of the molecule is Cl.Cn1cnc2c1c(=O)n(CC(=O)NCCCN)c(=O)n2C. The van der Waals surface area contributed by atoms with Crippen molar-refractivity contribution in [3.05, 3.63) is 27.2 Å². The quantitative estimate of drug-likeness (QED) is 0.635. The van der Waals surface area contributed by atoms with Crippen LogP contribution in [0.5, 0.6) is 0 Å². The lowest BCUT2D eigenvalue weighted by atomic mass is 10.4. The molecule has 2 aromatic heterocycles. The van der Waals surface area contributed by atoms with E-state index in [9.17, 15) is 14.4 Å². The highest BCUT2D eigenvalue weighted by Gasteiger charge is 2.16. The van der Waals surface area contributed by atoms with Crippen molar-refractivity contribution < 1.29 is 4.79 Å². The molecule has 10 heteroatoms. The number of hydrogen-bond acceptors (Lipinski definition) is 5. The van der Waals surface area contributed by atoms with E-state index in [4.69, 9.17) is 5.73 Å². The van der Waals surface area contributed by atoms with Crippen LogP contribution in [-0.2, 0) is 25.4 Å². The zero-order chi connectivity index (χ0) is 15.6. The van der Waals surface area contributed by atoms with E-state index in [-0.39, 0.29) is 24.5 Å². The third kappa shape index (κ3) is 3.20. The van der Waals surface area contributed by atoms with Gasteiger partial charge in [0, 0.05) is 20.6 Å². The van der Waals surface area contributed by atoms with Crippen LogP contribution < -0.4 is 22.3 Å². The molecule has 1 amide bonds. The maximum absolute atomic E-state index is 12.3. The first-order chi connectivity index (χ1) is 9.97. The molecule has 9 nitrogen and oxygen atoms in total. The van der Waals surface area contributed by atoms with E-state index < -0.39 is 17.2 Å². The summed E-state index contributed by atoms with van der Waals surface area (Å²) in [5.41, 5.74) is 4.82. The van der Waals surface area contributed by atoms with Crippen LogP contribution in [0.2, 0.25) is 0 Å². The highest BCUT2D eigenvalue weighted by Crippen LogP contribution is 2.02. The topological polar surface area (TPSA) is 117 Å². The Morgan fingerprint density at radius 3 is 2.68 bits per heavy atom. The van der Waals surface area contributed by atoms with E-state index in [1.54, 1.807) is 7.05 Å². The van der Waals surface area contributed by atoms with Crippen molar-refractivity contribution in [2.75, 3.05) is 13.1 Å². The standard InChI is InChI=1S/C12H18N6O3.ClH/c1-16-7-15-10-9(16)11(20)18(12(21)17(10)2)6-8(19)14-5-3-4-13;/h7H,3-6,13H2,1-2H3,(H,14,19);1H. The maximum atomic E-state index is 12.3. The van der Waals surface area contributed by atoms with Gasteiger partial charge in [-0.3, -0.25) is 14.2 Å². The second-order valence-corrected chi connectivity index (χ2v) is 4.75. The average molecular weight is 331 g/mol. The number of amides is 1.